The van der Waals surface area contributed by atoms with Gasteiger partial charge < -0.3 is 34.9 Å². The lowest BCUT2D eigenvalue weighted by Crippen LogP contribution is -2.17. The maximum absolute atomic E-state index is 12.0. The van der Waals surface area contributed by atoms with E-state index >= 15 is 0 Å². The lowest BCUT2D eigenvalue weighted by molar-refractivity contribution is -0.117. The van der Waals surface area contributed by atoms with E-state index in [4.69, 9.17) is 21.3 Å². The van der Waals surface area contributed by atoms with Gasteiger partial charge in [0.2, 0.25) is 0 Å². The van der Waals surface area contributed by atoms with Crippen molar-refractivity contribution in [3.63, 3.8) is 0 Å². The molecule has 0 fully saturated rings. The van der Waals surface area contributed by atoms with E-state index in [0.29, 0.717) is 5.78 Å². The van der Waals surface area contributed by atoms with Gasteiger partial charge in [0, 0.05) is 22.9 Å². The molecule has 6 N–H and O–H groups in total. The fourth-order valence-electron chi connectivity index (χ4n) is 4.54. The smallest absolute Gasteiger partial charge is 0.336 e. The zero-order chi connectivity index (χ0) is 32.1. The zero-order valence-electron chi connectivity index (χ0n) is 23.0. The van der Waals surface area contributed by atoms with Crippen molar-refractivity contribution < 1.29 is 45.1 Å². The Balaban J connectivity index is 0.000000436. The highest BCUT2D eigenvalue weighted by Gasteiger charge is 2.28. The number of anilines is 1. The number of carboxylic acid groups (broad SMARTS) is 1. The van der Waals surface area contributed by atoms with Gasteiger partial charge >= 0.3 is 5.97 Å². The third-order valence-electron chi connectivity index (χ3n) is 6.41. The van der Waals surface area contributed by atoms with Crippen molar-refractivity contribution in [1.82, 2.24) is 0 Å². The van der Waals surface area contributed by atoms with Crippen molar-refractivity contribution in [3.8, 4) is 22.5 Å². The Hall–Kier alpha value is -4.15. The Kier molecular flexibility index (Phi) is 10.4. The van der Waals surface area contributed by atoms with Crippen LogP contribution in [0.5, 0.6) is 0 Å². The van der Waals surface area contributed by atoms with Crippen LogP contribution in [0.2, 0.25) is 0 Å². The number of hydrogen-bond acceptors (Lipinski definition) is 12. The summed E-state index contributed by atoms with van der Waals surface area (Å²) in [5, 5.41) is 16.7. The van der Waals surface area contributed by atoms with Gasteiger partial charge in [-0.05, 0) is 62.2 Å². The Morgan fingerprint density at radius 1 is 0.884 bits per heavy atom. The van der Waals surface area contributed by atoms with Crippen LogP contribution in [0.3, 0.4) is 0 Å². The van der Waals surface area contributed by atoms with Gasteiger partial charge in [-0.2, -0.15) is 0 Å². The van der Waals surface area contributed by atoms with Crippen molar-refractivity contribution in [1.29, 1.82) is 5.41 Å². The fourth-order valence-corrected chi connectivity index (χ4v) is 5.99. The molecule has 0 amide bonds. The lowest BCUT2D eigenvalue weighted by Gasteiger charge is -2.22. The number of nitrogen functional groups attached to an aromatic ring is 1. The largest absolute Gasteiger partial charge is 0.744 e. The first-order chi connectivity index (χ1) is 20.1. The van der Waals surface area contributed by atoms with Crippen molar-refractivity contribution >= 4 is 48.6 Å². The quantitative estimate of drug-likeness (QED) is 0.0851. The number of carbonyl (C=O) groups is 2. The minimum Gasteiger partial charge on any atom is -0.744 e. The third-order valence-corrected chi connectivity index (χ3v) is 8.23. The van der Waals surface area contributed by atoms with E-state index in [1.54, 1.807) is 6.92 Å². The molecule has 4 rings (SSSR count). The van der Waals surface area contributed by atoms with Crippen LogP contribution in [0.1, 0.15) is 49.4 Å². The highest BCUT2D eigenvalue weighted by Crippen LogP contribution is 2.45. The summed E-state index contributed by atoms with van der Waals surface area (Å²) in [5.41, 5.74) is 9.46. The van der Waals surface area contributed by atoms with Gasteiger partial charge in [0.05, 0.1) is 16.6 Å². The number of carbonyl (C=O) groups excluding carboxylic acids is 1. The van der Waals surface area contributed by atoms with E-state index in [0.717, 1.165) is 44.4 Å². The number of Topliss-reactive ketones (excluding diaryl/α,β-unsaturated/α-hetero) is 1. The number of hydrogen-bond donors (Lipinski definition) is 4. The molecule has 0 saturated carbocycles. The molecule has 2 aromatic carbocycles. The minimum absolute atomic E-state index is 0.0156. The molecule has 1 aliphatic heterocycles. The van der Waals surface area contributed by atoms with Gasteiger partial charge in [-0.3, -0.25) is 5.41 Å². The van der Waals surface area contributed by atoms with Crippen LogP contribution in [-0.2, 0) is 25.0 Å². The zero-order valence-corrected chi connectivity index (χ0v) is 24.6. The van der Waals surface area contributed by atoms with Crippen LogP contribution in [0.15, 0.2) is 62.7 Å². The van der Waals surface area contributed by atoms with Gasteiger partial charge in [-0.25, -0.2) is 21.6 Å². The van der Waals surface area contributed by atoms with E-state index in [2.05, 4.69) is 0 Å². The van der Waals surface area contributed by atoms with Gasteiger partial charge in [-0.15, -0.1) is 0 Å². The first-order valence-corrected chi connectivity index (χ1v) is 15.7. The number of ketones is 1. The highest BCUT2D eigenvalue weighted by molar-refractivity contribution is 7.86. The topological polar surface area (TPSA) is 258 Å². The second-order valence-electron chi connectivity index (χ2n) is 9.57. The van der Waals surface area contributed by atoms with Gasteiger partial charge in [0.25, 0.3) is 0 Å². The standard InChI is InChI=1S/C20H14N2O9S2.C8H17NO/c21-13-7-5-11-15(9-3-1-2-4-10(9)20(23)24)12-6-8-14(22)19(33(28,29)30)17(12)31-16(11)18(13)32(25,26)27;1-8(10)6-4-2-3-5-7-9/h1-8,21H,22H2,(H,23,24)(H,25,26,27)(H,28,29,30);2-7,9H2,1H3/p-2. The fraction of sp³-hybridized carbons (Fsp3) is 0.250. The molecule has 0 radical (unpaired) electrons. The van der Waals surface area contributed by atoms with Crippen molar-refractivity contribution in [3.05, 3.63) is 59.5 Å². The van der Waals surface area contributed by atoms with Gasteiger partial charge in [0.15, 0.2) is 11.3 Å². The molecular formula is C28H29N3O10S2-2. The van der Waals surface area contributed by atoms with Crippen LogP contribution >= 0.6 is 0 Å². The van der Waals surface area contributed by atoms with Crippen LogP contribution in [0, 0.1) is 5.41 Å². The third kappa shape index (κ3) is 7.63. The first-order valence-electron chi connectivity index (χ1n) is 12.9. The van der Waals surface area contributed by atoms with Crippen LogP contribution in [-0.4, -0.2) is 49.3 Å². The molecule has 0 atom stereocenters. The summed E-state index contributed by atoms with van der Waals surface area (Å²) in [6.07, 6.45) is 5.19. The first kappa shape index (κ1) is 33.4. The normalized spacial score (nSPS) is 11.7. The number of rotatable bonds is 10. The molecule has 2 aromatic rings. The second kappa shape index (κ2) is 13.4. The van der Waals surface area contributed by atoms with Gasteiger partial charge in [-0.1, -0.05) is 31.0 Å². The Labute approximate surface area is 247 Å². The molecule has 0 spiro atoms. The average Bonchev–Trinajstić information content (AvgIpc) is 2.90. The maximum atomic E-state index is 12.0. The predicted molar refractivity (Wildman–Crippen MR) is 154 cm³/mol. The molecule has 13 nitrogen and oxygen atoms in total. The number of nitrogens with two attached hydrogens (primary N) is 2. The molecule has 0 aromatic heterocycles. The molecule has 230 valence electrons. The molecule has 0 saturated heterocycles. The van der Waals surface area contributed by atoms with Crippen molar-refractivity contribution in [2.45, 2.75) is 48.8 Å². The van der Waals surface area contributed by atoms with E-state index in [9.17, 15) is 40.6 Å². The molecule has 15 heteroatoms. The number of unbranched alkanes of at least 4 members (excludes halogenated alkanes) is 3. The second-order valence-corrected chi connectivity index (χ2v) is 12.2. The monoisotopic (exact) mass is 631 g/mol. The molecule has 43 heavy (non-hydrogen) atoms. The van der Waals surface area contributed by atoms with E-state index in [-0.39, 0.29) is 27.6 Å². The molecule has 2 aliphatic rings. The summed E-state index contributed by atoms with van der Waals surface area (Å²) < 4.78 is 77.2. The van der Waals surface area contributed by atoms with Crippen molar-refractivity contribution in [2.75, 3.05) is 12.3 Å². The Bertz CT molecular complexity index is 1930. The SMILES string of the molecule is CC(=O)CCCCCCN.N=c1ccc2c(-c3ccccc3C(=O)O)c3ccc(N)c(S(=O)(=O)[O-])c3oc-2c1S(=O)(=O)[O-]. The molecule has 1 aliphatic carbocycles. The number of aromatic carboxylic acids is 1. The summed E-state index contributed by atoms with van der Waals surface area (Å²) in [4.78, 5) is 20.2. The summed E-state index contributed by atoms with van der Waals surface area (Å²) in [5.74, 6) is -1.77. The predicted octanol–water partition coefficient (Wildman–Crippen LogP) is 3.26. The average molecular weight is 632 g/mol. The summed E-state index contributed by atoms with van der Waals surface area (Å²) in [6, 6.07) is 10.2. The van der Waals surface area contributed by atoms with Crippen LogP contribution in [0.25, 0.3) is 33.4 Å². The summed E-state index contributed by atoms with van der Waals surface area (Å²) in [7, 11) is -10.6. The molecule has 0 unspecified atom stereocenters. The lowest BCUT2D eigenvalue weighted by atomic mass is 9.90. The number of fused-ring (bicyclic) bond motifs is 2. The molecule has 0 bridgehead atoms. The summed E-state index contributed by atoms with van der Waals surface area (Å²) >= 11 is 0. The van der Waals surface area contributed by atoms with Gasteiger partial charge in [0.1, 0.15) is 35.8 Å². The van der Waals surface area contributed by atoms with Crippen molar-refractivity contribution in [2.24, 2.45) is 5.73 Å². The van der Waals surface area contributed by atoms with Crippen LogP contribution < -0.4 is 16.8 Å². The van der Waals surface area contributed by atoms with E-state index in [1.165, 1.54) is 42.8 Å². The number of benzene rings is 3. The molecular weight excluding hydrogens is 602 g/mol. The summed E-state index contributed by atoms with van der Waals surface area (Å²) in [6.45, 7) is 2.42. The minimum atomic E-state index is -5.32. The number of nitrogens with one attached hydrogen (secondary N) is 1. The maximum Gasteiger partial charge on any atom is 0.336 e. The molecule has 1 heterocycles. The van der Waals surface area contributed by atoms with E-state index in [1.807, 2.05) is 0 Å². The van der Waals surface area contributed by atoms with E-state index < -0.39 is 58.4 Å². The highest BCUT2D eigenvalue weighted by atomic mass is 32.2. The Morgan fingerprint density at radius 3 is 2.09 bits per heavy atom. The van der Waals surface area contributed by atoms with Crippen LogP contribution in [0.4, 0.5) is 5.69 Å². The number of carboxylic acids is 1. The Morgan fingerprint density at radius 2 is 1.51 bits per heavy atom.